The topological polar surface area (TPSA) is 42.4 Å². The largest absolute Gasteiger partial charge is 0.465 e. The van der Waals surface area contributed by atoms with E-state index in [1.807, 2.05) is 19.1 Å². The summed E-state index contributed by atoms with van der Waals surface area (Å²) >= 11 is 0. The second-order valence-corrected chi connectivity index (χ2v) is 5.39. The van der Waals surface area contributed by atoms with Crippen molar-refractivity contribution in [2.24, 2.45) is 11.1 Å². The zero-order valence-electron chi connectivity index (χ0n) is 10.9. The molecule has 3 heteroatoms. The Morgan fingerprint density at radius 1 is 1.38 bits per heavy atom. The van der Waals surface area contributed by atoms with Gasteiger partial charge in [-0.2, -0.15) is 0 Å². The molecule has 0 aliphatic rings. The maximum atomic E-state index is 5.61. The van der Waals surface area contributed by atoms with Crippen molar-refractivity contribution in [3.05, 3.63) is 23.7 Å². The maximum absolute atomic E-state index is 5.61. The van der Waals surface area contributed by atoms with Crippen molar-refractivity contribution in [1.29, 1.82) is 0 Å². The van der Waals surface area contributed by atoms with Gasteiger partial charge in [-0.05, 0) is 44.5 Å². The molecule has 92 valence electrons. The number of nitrogens with two attached hydrogens (primary N) is 1. The van der Waals surface area contributed by atoms with Gasteiger partial charge in [0.1, 0.15) is 11.5 Å². The highest BCUT2D eigenvalue weighted by molar-refractivity contribution is 5.05. The maximum Gasteiger partial charge on any atom is 0.118 e. The van der Waals surface area contributed by atoms with Crippen LogP contribution in [0.25, 0.3) is 0 Å². The average molecular weight is 224 g/mol. The summed E-state index contributed by atoms with van der Waals surface area (Å²) in [5.41, 5.74) is 5.88. The van der Waals surface area contributed by atoms with E-state index in [9.17, 15) is 0 Å². The molecule has 16 heavy (non-hydrogen) atoms. The molecular weight excluding hydrogens is 200 g/mol. The highest BCUT2D eigenvalue weighted by Gasteiger charge is 2.19. The van der Waals surface area contributed by atoms with Crippen LogP contribution in [0.1, 0.15) is 31.8 Å². The molecule has 0 aliphatic heterocycles. The molecule has 1 aromatic rings. The van der Waals surface area contributed by atoms with Crippen molar-refractivity contribution in [3.63, 3.8) is 0 Å². The highest BCUT2D eigenvalue weighted by Crippen LogP contribution is 2.21. The third kappa shape index (κ3) is 4.37. The fourth-order valence-corrected chi connectivity index (χ4v) is 2.09. The number of hydrogen-bond donors (Lipinski definition) is 1. The third-order valence-electron chi connectivity index (χ3n) is 2.74. The summed E-state index contributed by atoms with van der Waals surface area (Å²) in [6.45, 7) is 9.13. The molecular formula is C13H24N2O. The van der Waals surface area contributed by atoms with E-state index in [2.05, 4.69) is 25.8 Å². The second-order valence-electron chi connectivity index (χ2n) is 5.39. The van der Waals surface area contributed by atoms with Crippen molar-refractivity contribution in [1.82, 2.24) is 4.90 Å². The van der Waals surface area contributed by atoms with Gasteiger partial charge in [-0.1, -0.05) is 13.8 Å². The van der Waals surface area contributed by atoms with E-state index in [-0.39, 0.29) is 5.41 Å². The Bertz CT molecular complexity index is 317. The molecule has 0 fully saturated rings. The summed E-state index contributed by atoms with van der Waals surface area (Å²) in [6.07, 6.45) is 1.05. The third-order valence-corrected chi connectivity index (χ3v) is 2.74. The van der Waals surface area contributed by atoms with Crippen LogP contribution < -0.4 is 5.73 Å². The lowest BCUT2D eigenvalue weighted by Gasteiger charge is -2.29. The van der Waals surface area contributed by atoms with Crippen molar-refractivity contribution in [2.45, 2.75) is 33.7 Å². The molecule has 0 atom stereocenters. The molecule has 0 radical (unpaired) electrons. The van der Waals surface area contributed by atoms with Crippen LogP contribution in [0, 0.1) is 12.3 Å². The Balaban J connectivity index is 2.44. The Hall–Kier alpha value is -0.800. The van der Waals surface area contributed by atoms with E-state index in [0.29, 0.717) is 0 Å². The zero-order chi connectivity index (χ0) is 12.2. The lowest BCUT2D eigenvalue weighted by Crippen LogP contribution is -2.32. The van der Waals surface area contributed by atoms with Crippen LogP contribution >= 0.6 is 0 Å². The van der Waals surface area contributed by atoms with E-state index in [1.54, 1.807) is 0 Å². The van der Waals surface area contributed by atoms with E-state index in [1.165, 1.54) is 0 Å². The molecule has 0 bridgehead atoms. The van der Waals surface area contributed by atoms with E-state index >= 15 is 0 Å². The predicted molar refractivity (Wildman–Crippen MR) is 67.2 cm³/mol. The predicted octanol–water partition coefficient (Wildman–Crippen LogP) is 2.39. The van der Waals surface area contributed by atoms with Gasteiger partial charge < -0.3 is 10.2 Å². The first-order chi connectivity index (χ1) is 7.43. The first-order valence-corrected chi connectivity index (χ1v) is 5.87. The Morgan fingerprint density at radius 3 is 2.56 bits per heavy atom. The van der Waals surface area contributed by atoms with Gasteiger partial charge in [0.25, 0.3) is 0 Å². The molecule has 0 aliphatic carbocycles. The molecule has 1 heterocycles. The highest BCUT2D eigenvalue weighted by atomic mass is 16.3. The molecule has 2 N–H and O–H groups in total. The van der Waals surface area contributed by atoms with Crippen molar-refractivity contribution in [2.75, 3.05) is 20.1 Å². The molecule has 3 nitrogen and oxygen atoms in total. The fraction of sp³-hybridized carbons (Fsp3) is 0.692. The van der Waals surface area contributed by atoms with Crippen LogP contribution in [0.4, 0.5) is 0 Å². The van der Waals surface area contributed by atoms with Crippen molar-refractivity contribution in [3.8, 4) is 0 Å². The van der Waals surface area contributed by atoms with Gasteiger partial charge in [0.15, 0.2) is 0 Å². The van der Waals surface area contributed by atoms with Gasteiger partial charge in [0.2, 0.25) is 0 Å². The number of furan rings is 1. The normalized spacial score (nSPS) is 12.4. The zero-order valence-corrected chi connectivity index (χ0v) is 10.9. The van der Waals surface area contributed by atoms with E-state index in [0.717, 1.165) is 37.6 Å². The molecule has 0 spiro atoms. The first kappa shape index (κ1) is 13.3. The van der Waals surface area contributed by atoms with Crippen LogP contribution in [0.2, 0.25) is 0 Å². The number of rotatable bonds is 6. The molecule has 0 saturated heterocycles. The van der Waals surface area contributed by atoms with Crippen molar-refractivity contribution < 1.29 is 4.42 Å². The smallest absolute Gasteiger partial charge is 0.118 e. The van der Waals surface area contributed by atoms with Gasteiger partial charge in [-0.15, -0.1) is 0 Å². The van der Waals surface area contributed by atoms with Crippen LogP contribution in [0.5, 0.6) is 0 Å². The van der Waals surface area contributed by atoms with Gasteiger partial charge in [0.05, 0.1) is 6.54 Å². The Morgan fingerprint density at radius 2 is 2.06 bits per heavy atom. The second kappa shape index (κ2) is 5.51. The number of hydrogen-bond acceptors (Lipinski definition) is 3. The lowest BCUT2D eigenvalue weighted by molar-refractivity contribution is 0.184. The van der Waals surface area contributed by atoms with Crippen LogP contribution in [0.15, 0.2) is 16.5 Å². The summed E-state index contributed by atoms with van der Waals surface area (Å²) in [7, 11) is 2.12. The lowest BCUT2D eigenvalue weighted by atomic mass is 9.89. The molecule has 0 amide bonds. The quantitative estimate of drug-likeness (QED) is 0.806. The summed E-state index contributed by atoms with van der Waals surface area (Å²) < 4.78 is 5.56. The minimum absolute atomic E-state index is 0.269. The first-order valence-electron chi connectivity index (χ1n) is 5.87. The molecule has 0 unspecified atom stereocenters. The monoisotopic (exact) mass is 224 g/mol. The van der Waals surface area contributed by atoms with Gasteiger partial charge in [0, 0.05) is 6.54 Å². The standard InChI is InChI=1S/C13H24N2O/c1-11-5-6-12(16-11)9-15(4)10-13(2,3)7-8-14/h5-6H,7-10,14H2,1-4H3. The minimum atomic E-state index is 0.269. The van der Waals surface area contributed by atoms with Crippen LogP contribution in [-0.2, 0) is 6.54 Å². The van der Waals surface area contributed by atoms with Crippen molar-refractivity contribution >= 4 is 0 Å². The van der Waals surface area contributed by atoms with E-state index < -0.39 is 0 Å². The summed E-state index contributed by atoms with van der Waals surface area (Å²) in [5.74, 6) is 2.01. The van der Waals surface area contributed by atoms with Crippen LogP contribution in [0.3, 0.4) is 0 Å². The molecule has 1 aromatic heterocycles. The summed E-state index contributed by atoms with van der Waals surface area (Å²) in [4.78, 5) is 2.29. The Kier molecular flexibility index (Phi) is 4.56. The SMILES string of the molecule is Cc1ccc(CN(C)CC(C)(C)CCN)o1. The molecule has 0 saturated carbocycles. The van der Waals surface area contributed by atoms with Crippen LogP contribution in [-0.4, -0.2) is 25.0 Å². The van der Waals surface area contributed by atoms with Gasteiger partial charge in [-0.25, -0.2) is 0 Å². The minimum Gasteiger partial charge on any atom is -0.465 e. The number of nitrogens with zero attached hydrogens (tertiary/aromatic N) is 1. The average Bonchev–Trinajstić information content (AvgIpc) is 2.49. The fourth-order valence-electron chi connectivity index (χ4n) is 2.09. The van der Waals surface area contributed by atoms with E-state index in [4.69, 9.17) is 10.2 Å². The number of aryl methyl sites for hydroxylation is 1. The summed E-state index contributed by atoms with van der Waals surface area (Å²) in [6, 6.07) is 4.05. The molecule has 0 aromatic carbocycles. The van der Waals surface area contributed by atoms with Gasteiger partial charge in [-0.3, -0.25) is 4.90 Å². The molecule has 1 rings (SSSR count). The summed E-state index contributed by atoms with van der Waals surface area (Å²) in [5, 5.41) is 0. The Labute approximate surface area is 98.6 Å². The van der Waals surface area contributed by atoms with Gasteiger partial charge >= 0.3 is 0 Å².